The second kappa shape index (κ2) is 1.71. The van der Waals surface area contributed by atoms with Gasteiger partial charge in [-0.1, -0.05) is 0 Å². The first-order chi connectivity index (χ1) is 3.30. The van der Waals surface area contributed by atoms with Gasteiger partial charge in [-0.3, -0.25) is 5.01 Å². The predicted molar refractivity (Wildman–Crippen MR) is 32.2 cm³/mol. The van der Waals surface area contributed by atoms with Gasteiger partial charge in [-0.05, 0) is 0 Å². The van der Waals surface area contributed by atoms with Gasteiger partial charge in [0.25, 0.3) is 0 Å². The Bertz CT molecular complexity index is 100. The summed E-state index contributed by atoms with van der Waals surface area (Å²) in [5.41, 5.74) is 2.92. The molecule has 7 heavy (non-hydrogen) atoms. The minimum absolute atomic E-state index is 0.662. The summed E-state index contributed by atoms with van der Waals surface area (Å²) >= 11 is 4.00. The van der Waals surface area contributed by atoms with Crippen molar-refractivity contribution in [3.05, 3.63) is 0 Å². The monoisotopic (exact) mass is 117 g/mol. The fourth-order valence-corrected chi connectivity index (χ4v) is 0.530. The van der Waals surface area contributed by atoms with Gasteiger partial charge in [0, 0.05) is 7.05 Å². The molecule has 1 N–H and O–H groups in total. The van der Waals surface area contributed by atoms with Gasteiger partial charge in [0.15, 0.2) is 5.17 Å². The lowest BCUT2D eigenvalue weighted by Crippen LogP contribution is -2.29. The molecule has 1 rings (SSSR count). The van der Waals surface area contributed by atoms with Crippen molar-refractivity contribution in [2.45, 2.75) is 0 Å². The zero-order chi connectivity index (χ0) is 5.28. The van der Waals surface area contributed by atoms with E-state index in [2.05, 4.69) is 23.0 Å². The van der Waals surface area contributed by atoms with Crippen LogP contribution in [0.25, 0.3) is 0 Å². The lowest BCUT2D eigenvalue weighted by molar-refractivity contribution is 0.416. The smallest absolute Gasteiger partial charge is 0.171 e. The molecule has 0 aliphatic carbocycles. The molecule has 0 fully saturated rings. The summed E-state index contributed by atoms with van der Waals surface area (Å²) in [6.45, 7) is 0.662. The maximum atomic E-state index is 4.00. The molecular formula is C3H7N3S. The molecule has 0 radical (unpaired) electrons. The molecule has 0 spiro atoms. The summed E-state index contributed by atoms with van der Waals surface area (Å²) in [5, 5.41) is 2.52. The Morgan fingerprint density at radius 1 is 2.00 bits per heavy atom. The van der Waals surface area contributed by atoms with Crippen LogP contribution in [0.2, 0.25) is 0 Å². The van der Waals surface area contributed by atoms with E-state index in [0.717, 1.165) is 5.17 Å². The van der Waals surface area contributed by atoms with Gasteiger partial charge in [0.2, 0.25) is 0 Å². The molecule has 3 nitrogen and oxygen atoms in total. The van der Waals surface area contributed by atoms with Crippen LogP contribution in [0.5, 0.6) is 0 Å². The molecule has 0 unspecified atom stereocenters. The SMILES string of the molecule is CN1NCN=C1S. The van der Waals surface area contributed by atoms with Crippen LogP contribution in [0.1, 0.15) is 0 Å². The molecule has 0 aromatic carbocycles. The number of hydrazine groups is 1. The maximum absolute atomic E-state index is 4.00. The molecule has 0 amide bonds. The Morgan fingerprint density at radius 3 is 2.86 bits per heavy atom. The molecule has 40 valence electrons. The largest absolute Gasteiger partial charge is 0.289 e. The number of thiol groups is 1. The van der Waals surface area contributed by atoms with Gasteiger partial charge in [-0.15, -0.1) is 12.6 Å². The molecule has 0 atom stereocenters. The van der Waals surface area contributed by atoms with Crippen molar-refractivity contribution in [1.82, 2.24) is 10.4 Å². The number of hydrogen-bond donors (Lipinski definition) is 2. The van der Waals surface area contributed by atoms with Crippen molar-refractivity contribution in [2.75, 3.05) is 13.7 Å². The van der Waals surface area contributed by atoms with Crippen LogP contribution >= 0.6 is 12.6 Å². The average molecular weight is 117 g/mol. The fraction of sp³-hybridized carbons (Fsp3) is 0.667. The summed E-state index contributed by atoms with van der Waals surface area (Å²) in [6.07, 6.45) is 0. The molecule has 0 saturated heterocycles. The lowest BCUT2D eigenvalue weighted by Gasteiger charge is -2.07. The van der Waals surface area contributed by atoms with Gasteiger partial charge in [0.05, 0.1) is 0 Å². The van der Waals surface area contributed by atoms with E-state index in [1.54, 1.807) is 5.01 Å². The highest BCUT2D eigenvalue weighted by Gasteiger charge is 2.04. The zero-order valence-electron chi connectivity index (χ0n) is 4.05. The van der Waals surface area contributed by atoms with Crippen molar-refractivity contribution in [2.24, 2.45) is 4.99 Å². The third-order valence-corrected chi connectivity index (χ3v) is 1.27. The Labute approximate surface area is 47.8 Å². The van der Waals surface area contributed by atoms with Crippen LogP contribution in [-0.4, -0.2) is 23.9 Å². The standard InChI is InChI=1S/C3H7N3S/c1-6-3(7)4-2-5-6/h5H,2H2,1H3,(H,4,7). The van der Waals surface area contributed by atoms with Gasteiger partial charge in [-0.25, -0.2) is 10.4 Å². The second-order valence-corrected chi connectivity index (χ2v) is 1.73. The molecule has 4 heteroatoms. The topological polar surface area (TPSA) is 27.6 Å². The summed E-state index contributed by atoms with van der Waals surface area (Å²) in [6, 6.07) is 0. The van der Waals surface area contributed by atoms with Crippen LogP contribution in [0, 0.1) is 0 Å². The summed E-state index contributed by atoms with van der Waals surface area (Å²) in [5.74, 6) is 0. The molecule has 1 heterocycles. The van der Waals surface area contributed by atoms with Gasteiger partial charge < -0.3 is 0 Å². The average Bonchev–Trinajstić information content (AvgIpc) is 1.91. The fourth-order valence-electron chi connectivity index (χ4n) is 0.389. The van der Waals surface area contributed by atoms with Crippen molar-refractivity contribution in [3.8, 4) is 0 Å². The van der Waals surface area contributed by atoms with E-state index in [4.69, 9.17) is 0 Å². The third kappa shape index (κ3) is 0.863. The Morgan fingerprint density at radius 2 is 2.71 bits per heavy atom. The van der Waals surface area contributed by atoms with Gasteiger partial charge >= 0.3 is 0 Å². The van der Waals surface area contributed by atoms with Crippen LogP contribution in [-0.2, 0) is 0 Å². The Hall–Kier alpha value is -0.220. The van der Waals surface area contributed by atoms with Crippen LogP contribution in [0.3, 0.4) is 0 Å². The van der Waals surface area contributed by atoms with Crippen LogP contribution < -0.4 is 5.43 Å². The third-order valence-electron chi connectivity index (χ3n) is 0.828. The van der Waals surface area contributed by atoms with E-state index < -0.39 is 0 Å². The highest BCUT2D eigenvalue weighted by Crippen LogP contribution is 1.93. The zero-order valence-corrected chi connectivity index (χ0v) is 4.94. The first kappa shape index (κ1) is 4.93. The van der Waals surface area contributed by atoms with Gasteiger partial charge in [0.1, 0.15) is 6.67 Å². The summed E-state index contributed by atoms with van der Waals surface area (Å²) < 4.78 is 0. The Balaban J connectivity index is 2.54. The highest BCUT2D eigenvalue weighted by molar-refractivity contribution is 7.96. The van der Waals surface area contributed by atoms with E-state index in [1.807, 2.05) is 7.05 Å². The van der Waals surface area contributed by atoms with E-state index in [9.17, 15) is 0 Å². The van der Waals surface area contributed by atoms with Crippen molar-refractivity contribution in [3.63, 3.8) is 0 Å². The predicted octanol–water partition coefficient (Wildman–Crippen LogP) is -0.320. The number of amidine groups is 1. The van der Waals surface area contributed by atoms with E-state index in [-0.39, 0.29) is 0 Å². The molecule has 0 aromatic rings. The number of aliphatic imine (C=N–C) groups is 1. The van der Waals surface area contributed by atoms with Crippen molar-refractivity contribution in [1.29, 1.82) is 0 Å². The number of nitrogens with one attached hydrogen (secondary N) is 1. The first-order valence-corrected chi connectivity index (χ1v) is 2.46. The lowest BCUT2D eigenvalue weighted by atomic mass is 11.1. The minimum atomic E-state index is 0.662. The number of nitrogens with zero attached hydrogens (tertiary/aromatic N) is 2. The maximum Gasteiger partial charge on any atom is 0.171 e. The van der Waals surface area contributed by atoms with Crippen molar-refractivity contribution >= 4 is 17.8 Å². The molecular weight excluding hydrogens is 110 g/mol. The second-order valence-electron chi connectivity index (χ2n) is 1.33. The van der Waals surface area contributed by atoms with E-state index in [1.165, 1.54) is 0 Å². The van der Waals surface area contributed by atoms with E-state index in [0.29, 0.717) is 6.67 Å². The highest BCUT2D eigenvalue weighted by atomic mass is 32.1. The molecule has 0 aromatic heterocycles. The molecule has 0 bridgehead atoms. The van der Waals surface area contributed by atoms with Crippen LogP contribution in [0.15, 0.2) is 4.99 Å². The Kier molecular flexibility index (Phi) is 1.21. The first-order valence-electron chi connectivity index (χ1n) is 2.01. The quantitative estimate of drug-likeness (QED) is 0.425. The molecule has 0 saturated carbocycles. The summed E-state index contributed by atoms with van der Waals surface area (Å²) in [7, 11) is 1.87. The van der Waals surface area contributed by atoms with E-state index >= 15 is 0 Å². The summed E-state index contributed by atoms with van der Waals surface area (Å²) in [4.78, 5) is 3.91. The normalized spacial score (nSPS) is 20.3. The number of rotatable bonds is 0. The van der Waals surface area contributed by atoms with Crippen molar-refractivity contribution < 1.29 is 0 Å². The number of hydrogen-bond acceptors (Lipinski definition) is 3. The van der Waals surface area contributed by atoms with Crippen LogP contribution in [0.4, 0.5) is 0 Å². The molecule has 1 aliphatic heterocycles. The minimum Gasteiger partial charge on any atom is -0.289 e. The molecule has 1 aliphatic rings. The van der Waals surface area contributed by atoms with Gasteiger partial charge in [-0.2, -0.15) is 0 Å².